The quantitative estimate of drug-likeness (QED) is 0.380. The van der Waals surface area contributed by atoms with E-state index < -0.39 is 0 Å². The van der Waals surface area contributed by atoms with E-state index in [1.807, 2.05) is 0 Å². The summed E-state index contributed by atoms with van der Waals surface area (Å²) in [6.07, 6.45) is 5.01. The molecule has 0 aromatic rings. The minimum atomic E-state index is -0.0751. The van der Waals surface area contributed by atoms with Crippen molar-refractivity contribution in [3.63, 3.8) is 0 Å². The highest BCUT2D eigenvalue weighted by Gasteiger charge is 2.46. The summed E-state index contributed by atoms with van der Waals surface area (Å²) in [5.74, 6) is -0.0735. The molecule has 2 aliphatic heterocycles. The highest BCUT2D eigenvalue weighted by atomic mass is 16.6. The molecule has 0 bridgehead atoms. The van der Waals surface area contributed by atoms with Gasteiger partial charge in [-0.25, -0.2) is 0 Å². The highest BCUT2D eigenvalue weighted by molar-refractivity contribution is 5.74. The summed E-state index contributed by atoms with van der Waals surface area (Å²) in [7, 11) is 0. The van der Waals surface area contributed by atoms with Gasteiger partial charge in [0.15, 0.2) is 0 Å². The van der Waals surface area contributed by atoms with Crippen LogP contribution in [0.3, 0.4) is 0 Å². The zero-order valence-corrected chi connectivity index (χ0v) is 11.4. The predicted molar refractivity (Wildman–Crippen MR) is 67.3 cm³/mol. The number of ether oxygens (including phenoxy) is 3. The molecule has 2 heterocycles. The Morgan fingerprint density at radius 2 is 2.22 bits per heavy atom. The van der Waals surface area contributed by atoms with Crippen LogP contribution >= 0.6 is 0 Å². The SMILES string of the molecule is CCCCCOCC1CC(CC2(C)CO2)C(=O)O1. The van der Waals surface area contributed by atoms with E-state index in [1.54, 1.807) is 0 Å². The average molecular weight is 256 g/mol. The molecule has 0 aliphatic carbocycles. The summed E-state index contributed by atoms with van der Waals surface area (Å²) in [4.78, 5) is 11.7. The molecule has 4 heteroatoms. The van der Waals surface area contributed by atoms with Crippen molar-refractivity contribution in [2.75, 3.05) is 19.8 Å². The Morgan fingerprint density at radius 1 is 1.44 bits per heavy atom. The van der Waals surface area contributed by atoms with Gasteiger partial charge in [-0.2, -0.15) is 0 Å². The fourth-order valence-electron chi connectivity index (χ4n) is 2.42. The van der Waals surface area contributed by atoms with E-state index in [1.165, 1.54) is 12.8 Å². The lowest BCUT2D eigenvalue weighted by Gasteiger charge is -2.10. The first-order chi connectivity index (χ1) is 8.63. The monoisotopic (exact) mass is 256 g/mol. The minimum absolute atomic E-state index is 0.00161. The second-order valence-corrected chi connectivity index (χ2v) is 5.72. The molecular weight excluding hydrogens is 232 g/mol. The van der Waals surface area contributed by atoms with Gasteiger partial charge >= 0.3 is 5.97 Å². The third-order valence-corrected chi connectivity index (χ3v) is 3.67. The van der Waals surface area contributed by atoms with Gasteiger partial charge in [-0.05, 0) is 19.8 Å². The van der Waals surface area contributed by atoms with Crippen molar-refractivity contribution in [3.05, 3.63) is 0 Å². The van der Waals surface area contributed by atoms with E-state index >= 15 is 0 Å². The van der Waals surface area contributed by atoms with Gasteiger partial charge in [0.05, 0.1) is 24.7 Å². The molecule has 0 N–H and O–H groups in total. The topological polar surface area (TPSA) is 48.1 Å². The number of rotatable bonds is 8. The molecule has 2 fully saturated rings. The van der Waals surface area contributed by atoms with Crippen LogP contribution < -0.4 is 0 Å². The minimum Gasteiger partial charge on any atom is -0.460 e. The van der Waals surface area contributed by atoms with Crippen molar-refractivity contribution in [1.29, 1.82) is 0 Å². The van der Waals surface area contributed by atoms with Crippen molar-refractivity contribution in [1.82, 2.24) is 0 Å². The van der Waals surface area contributed by atoms with Crippen LogP contribution in [-0.2, 0) is 19.0 Å². The molecule has 2 aliphatic rings. The number of esters is 1. The first kappa shape index (κ1) is 13.8. The van der Waals surface area contributed by atoms with Crippen molar-refractivity contribution < 1.29 is 19.0 Å². The Hall–Kier alpha value is -0.610. The molecule has 0 spiro atoms. The van der Waals surface area contributed by atoms with Crippen molar-refractivity contribution in [2.24, 2.45) is 5.92 Å². The molecule has 0 amide bonds. The van der Waals surface area contributed by atoms with Crippen LogP contribution in [0.1, 0.15) is 46.0 Å². The largest absolute Gasteiger partial charge is 0.460 e. The number of unbranched alkanes of at least 4 members (excludes halogenated alkanes) is 2. The molecule has 4 nitrogen and oxygen atoms in total. The summed E-state index contributed by atoms with van der Waals surface area (Å²) in [6, 6.07) is 0. The highest BCUT2D eigenvalue weighted by Crippen LogP contribution is 2.37. The zero-order chi connectivity index (χ0) is 13.0. The van der Waals surface area contributed by atoms with E-state index in [0.29, 0.717) is 6.61 Å². The summed E-state index contributed by atoms with van der Waals surface area (Å²) in [5.41, 5.74) is -0.0689. The van der Waals surface area contributed by atoms with Gasteiger partial charge in [-0.1, -0.05) is 19.8 Å². The summed E-state index contributed by atoms with van der Waals surface area (Å²) in [6.45, 7) is 6.31. The van der Waals surface area contributed by atoms with Crippen LogP contribution in [-0.4, -0.2) is 37.5 Å². The van der Waals surface area contributed by atoms with Gasteiger partial charge in [-0.3, -0.25) is 4.79 Å². The fourth-order valence-corrected chi connectivity index (χ4v) is 2.42. The summed E-state index contributed by atoms with van der Waals surface area (Å²) >= 11 is 0. The lowest BCUT2D eigenvalue weighted by Crippen LogP contribution is -2.17. The maximum atomic E-state index is 11.7. The van der Waals surface area contributed by atoms with Crippen LogP contribution in [0.5, 0.6) is 0 Å². The number of carbonyl (C=O) groups is 1. The standard InChI is InChI=1S/C14H24O4/c1-3-4-5-6-16-9-12-7-11(13(15)18-12)8-14(2)10-17-14/h11-12H,3-10H2,1-2H3. The number of cyclic esters (lactones) is 1. The van der Waals surface area contributed by atoms with Crippen LogP contribution in [0.4, 0.5) is 0 Å². The van der Waals surface area contributed by atoms with E-state index in [2.05, 4.69) is 13.8 Å². The second-order valence-electron chi connectivity index (χ2n) is 5.72. The Morgan fingerprint density at radius 3 is 2.89 bits per heavy atom. The van der Waals surface area contributed by atoms with Crippen LogP contribution in [0.15, 0.2) is 0 Å². The van der Waals surface area contributed by atoms with Crippen molar-refractivity contribution >= 4 is 5.97 Å². The lowest BCUT2D eigenvalue weighted by molar-refractivity contribution is -0.146. The Bertz CT molecular complexity index is 286. The molecular formula is C14H24O4. The molecule has 0 aromatic carbocycles. The normalized spacial score (nSPS) is 34.7. The maximum Gasteiger partial charge on any atom is 0.309 e. The first-order valence-electron chi connectivity index (χ1n) is 7.05. The molecule has 0 saturated carbocycles. The van der Waals surface area contributed by atoms with Crippen molar-refractivity contribution in [2.45, 2.75) is 57.7 Å². The molecule has 104 valence electrons. The third kappa shape index (κ3) is 3.95. The average Bonchev–Trinajstić information content (AvgIpc) is 2.95. The van der Waals surface area contributed by atoms with Gasteiger partial charge in [0.25, 0.3) is 0 Å². The Balaban J connectivity index is 1.62. The molecule has 2 rings (SSSR count). The molecule has 2 saturated heterocycles. The lowest BCUT2D eigenvalue weighted by atomic mass is 9.93. The molecule has 0 aromatic heterocycles. The number of hydrogen-bond acceptors (Lipinski definition) is 4. The molecule has 3 unspecified atom stereocenters. The van der Waals surface area contributed by atoms with Crippen molar-refractivity contribution in [3.8, 4) is 0 Å². The maximum absolute atomic E-state index is 11.7. The van der Waals surface area contributed by atoms with E-state index in [0.717, 1.165) is 32.5 Å². The van der Waals surface area contributed by atoms with Crippen LogP contribution in [0.2, 0.25) is 0 Å². The number of hydrogen-bond donors (Lipinski definition) is 0. The van der Waals surface area contributed by atoms with Gasteiger partial charge in [-0.15, -0.1) is 0 Å². The van der Waals surface area contributed by atoms with E-state index in [9.17, 15) is 4.79 Å². The van der Waals surface area contributed by atoms with Gasteiger partial charge in [0.1, 0.15) is 6.10 Å². The molecule has 18 heavy (non-hydrogen) atoms. The van der Waals surface area contributed by atoms with Crippen LogP contribution in [0, 0.1) is 5.92 Å². The van der Waals surface area contributed by atoms with Gasteiger partial charge in [0, 0.05) is 13.0 Å². The molecule has 0 radical (unpaired) electrons. The van der Waals surface area contributed by atoms with E-state index in [-0.39, 0.29) is 23.6 Å². The number of carbonyl (C=O) groups excluding carboxylic acids is 1. The number of epoxide rings is 1. The van der Waals surface area contributed by atoms with Crippen LogP contribution in [0.25, 0.3) is 0 Å². The smallest absolute Gasteiger partial charge is 0.309 e. The van der Waals surface area contributed by atoms with Gasteiger partial charge < -0.3 is 14.2 Å². The summed E-state index contributed by atoms with van der Waals surface area (Å²) < 4.78 is 16.2. The molecule has 3 atom stereocenters. The van der Waals surface area contributed by atoms with E-state index in [4.69, 9.17) is 14.2 Å². The zero-order valence-electron chi connectivity index (χ0n) is 11.4. The Labute approximate surface area is 109 Å². The first-order valence-corrected chi connectivity index (χ1v) is 7.05. The summed E-state index contributed by atoms with van der Waals surface area (Å²) in [5, 5.41) is 0. The fraction of sp³-hybridized carbons (Fsp3) is 0.929. The van der Waals surface area contributed by atoms with Gasteiger partial charge in [0.2, 0.25) is 0 Å². The predicted octanol–water partition coefficient (Wildman–Crippen LogP) is 2.30. The Kier molecular flexibility index (Phi) is 4.62. The third-order valence-electron chi connectivity index (χ3n) is 3.67. The second kappa shape index (κ2) is 6.02.